The minimum atomic E-state index is -0.249. The Morgan fingerprint density at radius 2 is 2.08 bits per heavy atom. The van der Waals surface area contributed by atoms with Gasteiger partial charge in [-0.25, -0.2) is 0 Å². The van der Waals surface area contributed by atoms with E-state index >= 15 is 0 Å². The van der Waals surface area contributed by atoms with Crippen LogP contribution in [0.5, 0.6) is 0 Å². The fraction of sp³-hybridized carbons (Fsp3) is 0.500. The lowest BCUT2D eigenvalue weighted by molar-refractivity contribution is -0.123. The predicted molar refractivity (Wildman–Crippen MR) is 99.0 cm³/mol. The number of nitrogens with zero attached hydrogens (tertiary/aromatic N) is 2. The first-order valence-electron chi connectivity index (χ1n) is 8.43. The topological polar surface area (TPSA) is 99.2 Å². The Bertz CT molecular complexity index is 651. The first-order chi connectivity index (χ1) is 12.0. The Labute approximate surface area is 152 Å². The number of thioether (sulfide) groups is 1. The lowest BCUT2D eigenvalue weighted by Crippen LogP contribution is -2.42. The maximum atomic E-state index is 12.4. The van der Waals surface area contributed by atoms with Crippen molar-refractivity contribution in [3.63, 3.8) is 0 Å². The molecule has 0 spiro atoms. The highest BCUT2D eigenvalue weighted by Gasteiger charge is 2.24. The van der Waals surface area contributed by atoms with Gasteiger partial charge in [0.2, 0.25) is 11.8 Å². The van der Waals surface area contributed by atoms with Crippen molar-refractivity contribution in [2.45, 2.75) is 36.3 Å². The summed E-state index contributed by atoms with van der Waals surface area (Å²) in [6.45, 7) is 3.71. The van der Waals surface area contributed by atoms with E-state index in [1.807, 2.05) is 36.1 Å². The van der Waals surface area contributed by atoms with Crippen molar-refractivity contribution in [3.05, 3.63) is 24.3 Å². The molecule has 2 rings (SSSR count). The van der Waals surface area contributed by atoms with Crippen molar-refractivity contribution in [2.24, 2.45) is 11.7 Å². The summed E-state index contributed by atoms with van der Waals surface area (Å²) in [6.07, 6.45) is 1.88. The van der Waals surface area contributed by atoms with Gasteiger partial charge < -0.3 is 11.1 Å². The molecule has 2 amide bonds. The summed E-state index contributed by atoms with van der Waals surface area (Å²) in [6, 6.07) is 9.79. The maximum absolute atomic E-state index is 12.4. The molecule has 25 heavy (non-hydrogen) atoms. The second-order valence-electron chi connectivity index (χ2n) is 6.29. The summed E-state index contributed by atoms with van der Waals surface area (Å²) in [5.41, 5.74) is 6.11. The molecule has 0 aromatic heterocycles. The van der Waals surface area contributed by atoms with Crippen LogP contribution in [0.15, 0.2) is 29.2 Å². The van der Waals surface area contributed by atoms with Crippen molar-refractivity contribution >= 4 is 29.3 Å². The minimum absolute atomic E-state index is 0.0708. The molecule has 1 fully saturated rings. The number of nitriles is 1. The number of carbonyl (C=O) groups is 2. The number of anilines is 1. The van der Waals surface area contributed by atoms with Crippen molar-refractivity contribution in [1.82, 2.24) is 4.90 Å². The predicted octanol–water partition coefficient (Wildman–Crippen LogP) is 2.22. The standard InChI is InChI=1S/C18H24N4O2S/c1-13(6-9-19)25-16-5-3-2-4-15(16)21-17(23)12-22-10-7-14(8-11-22)18(20)24/h2-5,13-14H,6-8,10-12H2,1H3,(H2,20,24)(H,21,23)/t13-/m0/s1. The number of piperidine rings is 1. The van der Waals surface area contributed by atoms with Crippen LogP contribution in [-0.4, -0.2) is 41.6 Å². The van der Waals surface area contributed by atoms with Gasteiger partial charge in [-0.1, -0.05) is 19.1 Å². The third-order valence-electron chi connectivity index (χ3n) is 4.23. The van der Waals surface area contributed by atoms with Crippen molar-refractivity contribution in [1.29, 1.82) is 5.26 Å². The van der Waals surface area contributed by atoms with Gasteiger partial charge in [0.1, 0.15) is 0 Å². The summed E-state index contributed by atoms with van der Waals surface area (Å²) in [7, 11) is 0. The van der Waals surface area contributed by atoms with Crippen LogP contribution in [0.3, 0.4) is 0 Å². The van der Waals surface area contributed by atoms with Gasteiger partial charge in [-0.15, -0.1) is 11.8 Å². The fourth-order valence-corrected chi connectivity index (χ4v) is 3.82. The molecule has 1 atom stereocenters. The molecule has 1 aromatic carbocycles. The lowest BCUT2D eigenvalue weighted by Gasteiger charge is -2.29. The molecule has 1 aromatic rings. The van der Waals surface area contributed by atoms with Gasteiger partial charge in [0.15, 0.2) is 0 Å². The first kappa shape index (κ1) is 19.3. The Morgan fingerprint density at radius 1 is 1.40 bits per heavy atom. The number of primary amides is 1. The number of amides is 2. The summed E-state index contributed by atoms with van der Waals surface area (Å²) in [5, 5.41) is 11.9. The summed E-state index contributed by atoms with van der Waals surface area (Å²) < 4.78 is 0. The van der Waals surface area contributed by atoms with Crippen LogP contribution in [0.25, 0.3) is 0 Å². The van der Waals surface area contributed by atoms with E-state index in [-0.39, 0.29) is 23.0 Å². The maximum Gasteiger partial charge on any atom is 0.238 e. The summed E-state index contributed by atoms with van der Waals surface area (Å²) in [4.78, 5) is 26.6. The van der Waals surface area contributed by atoms with Crippen LogP contribution in [0.2, 0.25) is 0 Å². The van der Waals surface area contributed by atoms with E-state index in [2.05, 4.69) is 11.4 Å². The van der Waals surface area contributed by atoms with Gasteiger partial charge in [-0.3, -0.25) is 14.5 Å². The number of carbonyl (C=O) groups excluding carboxylic acids is 2. The zero-order valence-electron chi connectivity index (χ0n) is 14.4. The molecular weight excluding hydrogens is 336 g/mol. The highest BCUT2D eigenvalue weighted by Crippen LogP contribution is 2.31. The van der Waals surface area contributed by atoms with Crippen molar-refractivity contribution in [2.75, 3.05) is 25.0 Å². The number of para-hydroxylation sites is 1. The number of hydrogen-bond donors (Lipinski definition) is 2. The zero-order valence-corrected chi connectivity index (χ0v) is 15.2. The molecule has 0 aliphatic carbocycles. The molecule has 6 nitrogen and oxygen atoms in total. The smallest absolute Gasteiger partial charge is 0.238 e. The number of likely N-dealkylation sites (tertiary alicyclic amines) is 1. The van der Waals surface area contributed by atoms with E-state index in [9.17, 15) is 9.59 Å². The highest BCUT2D eigenvalue weighted by molar-refractivity contribution is 8.00. The molecular formula is C18H24N4O2S. The normalized spacial score (nSPS) is 16.8. The lowest BCUT2D eigenvalue weighted by atomic mass is 9.96. The van der Waals surface area contributed by atoms with Gasteiger partial charge >= 0.3 is 0 Å². The highest BCUT2D eigenvalue weighted by atomic mass is 32.2. The fourth-order valence-electron chi connectivity index (χ4n) is 2.83. The van der Waals surface area contributed by atoms with Gasteiger partial charge in [-0.05, 0) is 38.1 Å². The third kappa shape index (κ3) is 6.07. The largest absolute Gasteiger partial charge is 0.369 e. The molecule has 0 saturated carbocycles. The van der Waals surface area contributed by atoms with E-state index < -0.39 is 0 Å². The number of rotatable bonds is 7. The second-order valence-corrected chi connectivity index (χ2v) is 7.77. The molecule has 0 unspecified atom stereocenters. The van der Waals surface area contributed by atoms with Crippen LogP contribution in [0, 0.1) is 17.2 Å². The van der Waals surface area contributed by atoms with Gasteiger partial charge in [0.05, 0.1) is 18.3 Å². The molecule has 3 N–H and O–H groups in total. The Hall–Kier alpha value is -2.04. The van der Waals surface area contributed by atoms with Crippen LogP contribution >= 0.6 is 11.8 Å². The average molecular weight is 360 g/mol. The molecule has 0 radical (unpaired) electrons. The van der Waals surface area contributed by atoms with Crippen molar-refractivity contribution < 1.29 is 9.59 Å². The Kier molecular flexibility index (Phi) is 7.29. The molecule has 1 aliphatic rings. The molecule has 1 saturated heterocycles. The van der Waals surface area contributed by atoms with E-state index in [1.54, 1.807) is 11.8 Å². The number of nitrogens with two attached hydrogens (primary N) is 1. The van der Waals surface area contributed by atoms with Crippen LogP contribution in [-0.2, 0) is 9.59 Å². The molecule has 1 heterocycles. The van der Waals surface area contributed by atoms with Gasteiger partial charge in [-0.2, -0.15) is 5.26 Å². The molecule has 0 bridgehead atoms. The molecule has 134 valence electrons. The summed E-state index contributed by atoms with van der Waals surface area (Å²) >= 11 is 1.58. The van der Waals surface area contributed by atoms with Gasteiger partial charge in [0, 0.05) is 22.5 Å². The van der Waals surface area contributed by atoms with E-state index in [0.717, 1.165) is 10.6 Å². The van der Waals surface area contributed by atoms with E-state index in [4.69, 9.17) is 11.0 Å². The van der Waals surface area contributed by atoms with Gasteiger partial charge in [0.25, 0.3) is 0 Å². The van der Waals surface area contributed by atoms with Crippen LogP contribution in [0.1, 0.15) is 26.2 Å². The Morgan fingerprint density at radius 3 is 2.72 bits per heavy atom. The number of benzene rings is 1. The van der Waals surface area contributed by atoms with E-state index in [1.165, 1.54) is 0 Å². The van der Waals surface area contributed by atoms with E-state index in [0.29, 0.717) is 38.9 Å². The third-order valence-corrected chi connectivity index (χ3v) is 5.40. The first-order valence-corrected chi connectivity index (χ1v) is 9.31. The monoisotopic (exact) mass is 360 g/mol. The SMILES string of the molecule is C[C@@H](CC#N)Sc1ccccc1NC(=O)CN1CCC(C(N)=O)CC1. The van der Waals surface area contributed by atoms with Crippen molar-refractivity contribution in [3.8, 4) is 6.07 Å². The van der Waals surface area contributed by atoms with Crippen LogP contribution in [0.4, 0.5) is 5.69 Å². The zero-order chi connectivity index (χ0) is 18.2. The molecule has 1 aliphatic heterocycles. The number of hydrogen-bond acceptors (Lipinski definition) is 5. The second kappa shape index (κ2) is 9.44. The Balaban J connectivity index is 1.89. The number of nitrogens with one attached hydrogen (secondary N) is 1. The minimum Gasteiger partial charge on any atom is -0.369 e. The van der Waals surface area contributed by atoms with Crippen LogP contribution < -0.4 is 11.1 Å². The average Bonchev–Trinajstić information content (AvgIpc) is 2.57. The quantitative estimate of drug-likeness (QED) is 0.726. The molecule has 7 heteroatoms. The summed E-state index contributed by atoms with van der Waals surface area (Å²) in [5.74, 6) is -0.391.